The Hall–Kier alpha value is -1.71. The Kier molecular flexibility index (Phi) is 4.07. The van der Waals surface area contributed by atoms with Crippen molar-refractivity contribution in [2.24, 2.45) is 0 Å². The van der Waals surface area contributed by atoms with Crippen molar-refractivity contribution in [2.75, 3.05) is 7.11 Å². The van der Waals surface area contributed by atoms with Crippen LogP contribution < -0.4 is 9.47 Å². The van der Waals surface area contributed by atoms with Crippen molar-refractivity contribution < 1.29 is 14.6 Å². The van der Waals surface area contributed by atoms with Crippen LogP contribution in [0.1, 0.15) is 5.56 Å². The third-order valence-corrected chi connectivity index (χ3v) is 2.72. The van der Waals surface area contributed by atoms with Gasteiger partial charge in [0.1, 0.15) is 17.2 Å². The van der Waals surface area contributed by atoms with Crippen molar-refractivity contribution in [1.82, 2.24) is 0 Å². The molecule has 2 aromatic rings. The molecule has 0 aromatic heterocycles. The van der Waals surface area contributed by atoms with Gasteiger partial charge in [-0.15, -0.1) is 0 Å². The van der Waals surface area contributed by atoms with Gasteiger partial charge in [-0.2, -0.15) is 0 Å². The molecular formula is C14H13ClO3. The summed E-state index contributed by atoms with van der Waals surface area (Å²) in [6.45, 7) is -0.0946. The number of methoxy groups -OCH3 is 1. The van der Waals surface area contributed by atoms with Crippen LogP contribution in [0.15, 0.2) is 42.5 Å². The summed E-state index contributed by atoms with van der Waals surface area (Å²) < 4.78 is 10.7. The molecule has 0 saturated carbocycles. The molecule has 2 rings (SSSR count). The monoisotopic (exact) mass is 264 g/mol. The van der Waals surface area contributed by atoms with Crippen LogP contribution >= 0.6 is 11.6 Å². The topological polar surface area (TPSA) is 38.7 Å². The Balaban J connectivity index is 2.24. The molecule has 1 N–H and O–H groups in total. The highest BCUT2D eigenvalue weighted by Gasteiger charge is 2.05. The predicted octanol–water partition coefficient (Wildman–Crippen LogP) is 3.63. The van der Waals surface area contributed by atoms with Crippen molar-refractivity contribution in [3.05, 3.63) is 53.1 Å². The molecule has 3 nitrogen and oxygen atoms in total. The van der Waals surface area contributed by atoms with Gasteiger partial charge in [0.25, 0.3) is 0 Å². The third kappa shape index (κ3) is 2.94. The van der Waals surface area contributed by atoms with Gasteiger partial charge < -0.3 is 14.6 Å². The normalized spacial score (nSPS) is 10.2. The van der Waals surface area contributed by atoms with E-state index in [1.165, 1.54) is 0 Å². The highest BCUT2D eigenvalue weighted by Crippen LogP contribution is 2.29. The molecule has 0 aliphatic heterocycles. The zero-order valence-corrected chi connectivity index (χ0v) is 10.6. The molecular weight excluding hydrogens is 252 g/mol. The Labute approximate surface area is 111 Å². The lowest BCUT2D eigenvalue weighted by Gasteiger charge is -2.10. The quantitative estimate of drug-likeness (QED) is 0.916. The van der Waals surface area contributed by atoms with Gasteiger partial charge in [-0.05, 0) is 36.4 Å². The number of ether oxygens (including phenoxy) is 2. The van der Waals surface area contributed by atoms with Crippen LogP contribution in [0.25, 0.3) is 0 Å². The summed E-state index contributed by atoms with van der Waals surface area (Å²) in [5.41, 5.74) is 0.690. The van der Waals surface area contributed by atoms with Crippen LogP contribution in [-0.2, 0) is 6.61 Å². The molecule has 94 valence electrons. The van der Waals surface area contributed by atoms with Gasteiger partial charge in [-0.1, -0.05) is 17.7 Å². The van der Waals surface area contributed by atoms with Crippen molar-refractivity contribution >= 4 is 11.6 Å². The SMILES string of the molecule is COc1ccc(Oc2cc(Cl)ccc2CO)cc1. The van der Waals surface area contributed by atoms with E-state index in [2.05, 4.69) is 0 Å². The fraction of sp³-hybridized carbons (Fsp3) is 0.143. The maximum absolute atomic E-state index is 9.23. The first kappa shape index (κ1) is 12.7. The summed E-state index contributed by atoms with van der Waals surface area (Å²) in [6.07, 6.45) is 0. The number of benzene rings is 2. The second kappa shape index (κ2) is 5.76. The summed E-state index contributed by atoms with van der Waals surface area (Å²) in [6, 6.07) is 12.3. The van der Waals surface area contributed by atoms with Crippen LogP contribution in [0, 0.1) is 0 Å². The molecule has 0 saturated heterocycles. The molecule has 0 unspecified atom stereocenters. The molecule has 0 heterocycles. The van der Waals surface area contributed by atoms with Gasteiger partial charge >= 0.3 is 0 Å². The van der Waals surface area contributed by atoms with Crippen LogP contribution in [0.2, 0.25) is 5.02 Å². The molecule has 0 fully saturated rings. The summed E-state index contributed by atoms with van der Waals surface area (Å²) in [5, 5.41) is 9.79. The molecule has 18 heavy (non-hydrogen) atoms. The van der Waals surface area contributed by atoms with Crippen LogP contribution in [0.4, 0.5) is 0 Å². The zero-order valence-electron chi connectivity index (χ0n) is 9.89. The number of hydrogen-bond donors (Lipinski definition) is 1. The fourth-order valence-corrected chi connectivity index (χ4v) is 1.69. The minimum atomic E-state index is -0.0946. The Morgan fingerprint density at radius 1 is 1.06 bits per heavy atom. The minimum absolute atomic E-state index is 0.0946. The van der Waals surface area contributed by atoms with Gasteiger partial charge in [0, 0.05) is 10.6 Å². The molecule has 0 radical (unpaired) electrons. The molecule has 0 atom stereocenters. The first-order valence-electron chi connectivity index (χ1n) is 5.44. The lowest BCUT2D eigenvalue weighted by molar-refractivity contribution is 0.276. The highest BCUT2D eigenvalue weighted by atomic mass is 35.5. The van der Waals surface area contributed by atoms with Crippen molar-refractivity contribution in [3.8, 4) is 17.2 Å². The van der Waals surface area contributed by atoms with E-state index in [-0.39, 0.29) is 6.61 Å². The summed E-state index contributed by atoms with van der Waals surface area (Å²) in [7, 11) is 1.61. The number of halogens is 1. The van der Waals surface area contributed by atoms with E-state index in [9.17, 15) is 5.11 Å². The highest BCUT2D eigenvalue weighted by molar-refractivity contribution is 6.30. The van der Waals surface area contributed by atoms with Crippen molar-refractivity contribution in [2.45, 2.75) is 6.61 Å². The average Bonchev–Trinajstić information content (AvgIpc) is 2.40. The van der Waals surface area contributed by atoms with E-state index in [4.69, 9.17) is 21.1 Å². The van der Waals surface area contributed by atoms with Gasteiger partial charge in [-0.3, -0.25) is 0 Å². The van der Waals surface area contributed by atoms with Crippen LogP contribution in [0.5, 0.6) is 17.2 Å². The second-order valence-corrected chi connectivity index (χ2v) is 4.12. The van der Waals surface area contributed by atoms with E-state index < -0.39 is 0 Å². The maximum Gasteiger partial charge on any atom is 0.134 e. The molecule has 0 aliphatic rings. The molecule has 4 heteroatoms. The van der Waals surface area contributed by atoms with Crippen LogP contribution in [0.3, 0.4) is 0 Å². The van der Waals surface area contributed by atoms with Crippen molar-refractivity contribution in [3.63, 3.8) is 0 Å². The maximum atomic E-state index is 9.23. The number of hydrogen-bond acceptors (Lipinski definition) is 3. The van der Waals surface area contributed by atoms with Crippen LogP contribution in [-0.4, -0.2) is 12.2 Å². The van der Waals surface area contributed by atoms with E-state index in [1.807, 2.05) is 0 Å². The van der Waals surface area contributed by atoms with E-state index in [0.717, 1.165) is 5.75 Å². The summed E-state index contributed by atoms with van der Waals surface area (Å²) in [4.78, 5) is 0. The van der Waals surface area contributed by atoms with Gasteiger partial charge in [-0.25, -0.2) is 0 Å². The Morgan fingerprint density at radius 3 is 2.33 bits per heavy atom. The van der Waals surface area contributed by atoms with E-state index in [0.29, 0.717) is 22.1 Å². The zero-order chi connectivity index (χ0) is 13.0. The lowest BCUT2D eigenvalue weighted by atomic mass is 10.2. The third-order valence-electron chi connectivity index (χ3n) is 2.49. The smallest absolute Gasteiger partial charge is 0.134 e. The number of aliphatic hydroxyl groups is 1. The molecule has 0 bridgehead atoms. The molecule has 0 amide bonds. The van der Waals surface area contributed by atoms with Gasteiger partial charge in [0.2, 0.25) is 0 Å². The van der Waals surface area contributed by atoms with Gasteiger partial charge in [0.15, 0.2) is 0 Å². The summed E-state index contributed by atoms with van der Waals surface area (Å²) >= 11 is 5.91. The average molecular weight is 265 g/mol. The standard InChI is InChI=1S/C14H13ClO3/c1-17-12-4-6-13(7-5-12)18-14-8-11(15)3-2-10(14)9-16/h2-8,16H,9H2,1H3. The lowest BCUT2D eigenvalue weighted by Crippen LogP contribution is -1.92. The van der Waals surface area contributed by atoms with Crippen molar-refractivity contribution in [1.29, 1.82) is 0 Å². The Bertz CT molecular complexity index is 523. The summed E-state index contributed by atoms with van der Waals surface area (Å²) in [5.74, 6) is 1.97. The van der Waals surface area contributed by atoms with E-state index >= 15 is 0 Å². The largest absolute Gasteiger partial charge is 0.497 e. The second-order valence-electron chi connectivity index (χ2n) is 3.69. The first-order chi connectivity index (χ1) is 8.72. The first-order valence-corrected chi connectivity index (χ1v) is 5.82. The molecule has 2 aromatic carbocycles. The number of rotatable bonds is 4. The fourth-order valence-electron chi connectivity index (χ4n) is 1.52. The van der Waals surface area contributed by atoms with Gasteiger partial charge in [0.05, 0.1) is 13.7 Å². The number of aliphatic hydroxyl groups excluding tert-OH is 1. The molecule has 0 spiro atoms. The molecule has 0 aliphatic carbocycles. The Morgan fingerprint density at radius 2 is 1.72 bits per heavy atom. The minimum Gasteiger partial charge on any atom is -0.497 e. The van der Waals surface area contributed by atoms with E-state index in [1.54, 1.807) is 49.6 Å². The predicted molar refractivity (Wildman–Crippen MR) is 70.4 cm³/mol.